The van der Waals surface area contributed by atoms with E-state index < -0.39 is 6.29 Å². The second-order valence-corrected chi connectivity index (χ2v) is 10.7. The monoisotopic (exact) mass is 496 g/mol. The van der Waals surface area contributed by atoms with Crippen LogP contribution < -0.4 is 4.74 Å². The molecule has 1 unspecified atom stereocenters. The van der Waals surface area contributed by atoms with Crippen molar-refractivity contribution in [2.24, 2.45) is 0 Å². The standard InChI is InChI=1S/C32H50NO3/c1-5-7-8-9-10-11-12-16-22-29-23-17-18-24-30(29)35-32(6-2)36-31(34)25-19-26-33(3,4)27-28-20-14-13-15-21-28/h13-15,17-18,20-21,23-24,32H,5-12,16,19,22,25-27H2,1-4H3/q+1. The van der Waals surface area contributed by atoms with Crippen LogP contribution in [0, 0.1) is 0 Å². The molecule has 4 heteroatoms. The zero-order chi connectivity index (χ0) is 26.1. The molecule has 0 heterocycles. The van der Waals surface area contributed by atoms with Crippen molar-refractivity contribution in [1.82, 2.24) is 0 Å². The fourth-order valence-corrected chi connectivity index (χ4v) is 4.62. The van der Waals surface area contributed by atoms with E-state index in [9.17, 15) is 4.79 Å². The van der Waals surface area contributed by atoms with Crippen LogP contribution in [0.15, 0.2) is 54.6 Å². The predicted octanol–water partition coefficient (Wildman–Crippen LogP) is 8.08. The number of esters is 1. The van der Waals surface area contributed by atoms with Gasteiger partial charge in [0.15, 0.2) is 0 Å². The Morgan fingerprint density at radius 1 is 0.806 bits per heavy atom. The molecule has 2 rings (SSSR count). The highest BCUT2D eigenvalue weighted by molar-refractivity contribution is 5.69. The van der Waals surface area contributed by atoms with Crippen LogP contribution in [0.5, 0.6) is 5.75 Å². The van der Waals surface area contributed by atoms with Crippen molar-refractivity contribution < 1.29 is 18.8 Å². The van der Waals surface area contributed by atoms with E-state index in [0.29, 0.717) is 12.8 Å². The fourth-order valence-electron chi connectivity index (χ4n) is 4.62. The van der Waals surface area contributed by atoms with Gasteiger partial charge in [-0.25, -0.2) is 0 Å². The quantitative estimate of drug-likeness (QED) is 0.0853. The number of aryl methyl sites for hydroxylation is 1. The lowest BCUT2D eigenvalue weighted by Crippen LogP contribution is -2.39. The van der Waals surface area contributed by atoms with E-state index in [2.05, 4.69) is 57.4 Å². The maximum Gasteiger partial charge on any atom is 0.309 e. The largest absolute Gasteiger partial charge is 0.455 e. The van der Waals surface area contributed by atoms with Crippen molar-refractivity contribution in [3.05, 3.63) is 65.7 Å². The van der Waals surface area contributed by atoms with Crippen LogP contribution in [-0.2, 0) is 22.5 Å². The maximum atomic E-state index is 12.6. The van der Waals surface area contributed by atoms with Gasteiger partial charge in [-0.1, -0.05) is 107 Å². The molecule has 0 bridgehead atoms. The lowest BCUT2D eigenvalue weighted by Gasteiger charge is -2.30. The highest BCUT2D eigenvalue weighted by Gasteiger charge is 2.19. The maximum absolute atomic E-state index is 12.6. The summed E-state index contributed by atoms with van der Waals surface area (Å²) in [6, 6.07) is 18.7. The van der Waals surface area contributed by atoms with Gasteiger partial charge in [-0.15, -0.1) is 0 Å². The molecule has 0 radical (unpaired) electrons. The SMILES string of the molecule is CCCCCCCCCCc1ccccc1OC(CC)OC(=O)CCC[N+](C)(C)Cc1ccccc1. The number of carbonyl (C=O) groups is 1. The van der Waals surface area contributed by atoms with Crippen molar-refractivity contribution in [2.75, 3.05) is 20.6 Å². The third-order valence-electron chi connectivity index (χ3n) is 6.72. The van der Waals surface area contributed by atoms with Gasteiger partial charge in [-0.05, 0) is 24.5 Å². The van der Waals surface area contributed by atoms with Crippen LogP contribution in [0.4, 0.5) is 0 Å². The number of unbranched alkanes of at least 4 members (excludes halogenated alkanes) is 7. The summed E-state index contributed by atoms with van der Waals surface area (Å²) < 4.78 is 12.7. The highest BCUT2D eigenvalue weighted by atomic mass is 16.7. The average molecular weight is 497 g/mol. The van der Waals surface area contributed by atoms with Crippen molar-refractivity contribution in [2.45, 2.75) is 104 Å². The van der Waals surface area contributed by atoms with Gasteiger partial charge in [0.05, 0.1) is 27.1 Å². The summed E-state index contributed by atoms with van der Waals surface area (Å²) in [4.78, 5) is 12.6. The fraction of sp³-hybridized carbons (Fsp3) is 0.594. The molecule has 2 aromatic carbocycles. The van der Waals surface area contributed by atoms with Crippen LogP contribution >= 0.6 is 0 Å². The van der Waals surface area contributed by atoms with Crippen molar-refractivity contribution in [3.8, 4) is 5.75 Å². The molecule has 0 aromatic heterocycles. The summed E-state index contributed by atoms with van der Waals surface area (Å²) in [5, 5.41) is 0. The number of nitrogens with zero attached hydrogens (tertiary/aromatic N) is 1. The minimum Gasteiger partial charge on any atom is -0.455 e. The number of hydrogen-bond acceptors (Lipinski definition) is 3. The number of para-hydroxylation sites is 1. The summed E-state index contributed by atoms with van der Waals surface area (Å²) in [7, 11) is 4.42. The van der Waals surface area contributed by atoms with E-state index in [1.165, 1.54) is 62.5 Å². The van der Waals surface area contributed by atoms with Crippen molar-refractivity contribution in [3.63, 3.8) is 0 Å². The Balaban J connectivity index is 1.73. The van der Waals surface area contributed by atoms with Gasteiger partial charge < -0.3 is 14.0 Å². The number of rotatable bonds is 19. The topological polar surface area (TPSA) is 35.5 Å². The molecule has 0 saturated carbocycles. The number of quaternary nitrogens is 1. The second kappa shape index (κ2) is 17.2. The lowest BCUT2D eigenvalue weighted by molar-refractivity contribution is -0.903. The minimum atomic E-state index is -0.538. The molecule has 1 atom stereocenters. The Labute approximate surface area is 220 Å². The summed E-state index contributed by atoms with van der Waals surface area (Å²) in [5.74, 6) is 0.669. The normalized spacial score (nSPS) is 12.3. The third-order valence-corrected chi connectivity index (χ3v) is 6.72. The number of benzene rings is 2. The summed E-state index contributed by atoms with van der Waals surface area (Å²) >= 11 is 0. The number of carbonyl (C=O) groups excluding carboxylic acids is 1. The molecule has 0 N–H and O–H groups in total. The summed E-state index contributed by atoms with van der Waals surface area (Å²) in [5.41, 5.74) is 2.52. The van der Waals surface area contributed by atoms with Crippen LogP contribution in [-0.4, -0.2) is 37.4 Å². The predicted molar refractivity (Wildman–Crippen MR) is 150 cm³/mol. The first-order chi connectivity index (χ1) is 17.4. The minimum absolute atomic E-state index is 0.179. The first-order valence-electron chi connectivity index (χ1n) is 14.2. The Bertz CT molecular complexity index is 849. The smallest absolute Gasteiger partial charge is 0.309 e. The van der Waals surface area contributed by atoms with E-state index in [4.69, 9.17) is 9.47 Å². The highest BCUT2D eigenvalue weighted by Crippen LogP contribution is 2.23. The van der Waals surface area contributed by atoms with Crippen LogP contribution in [0.3, 0.4) is 0 Å². The zero-order valence-corrected chi connectivity index (χ0v) is 23.3. The van der Waals surface area contributed by atoms with E-state index in [0.717, 1.165) is 36.2 Å². The molecule has 0 aliphatic heterocycles. The number of ether oxygens (including phenoxy) is 2. The van der Waals surface area contributed by atoms with Gasteiger partial charge in [-0.2, -0.15) is 0 Å². The zero-order valence-electron chi connectivity index (χ0n) is 23.3. The first kappa shape index (κ1) is 29.9. The van der Waals surface area contributed by atoms with Crippen LogP contribution in [0.1, 0.15) is 95.6 Å². The third kappa shape index (κ3) is 12.6. The van der Waals surface area contributed by atoms with Crippen LogP contribution in [0.2, 0.25) is 0 Å². The van der Waals surface area contributed by atoms with Gasteiger partial charge in [-0.3, -0.25) is 4.79 Å². The Morgan fingerprint density at radius 3 is 2.14 bits per heavy atom. The molecule has 0 aliphatic carbocycles. The van der Waals surface area contributed by atoms with E-state index in [-0.39, 0.29) is 5.97 Å². The van der Waals surface area contributed by atoms with Gasteiger partial charge in [0.1, 0.15) is 12.3 Å². The molecule has 0 fully saturated rings. The van der Waals surface area contributed by atoms with Gasteiger partial charge in [0, 0.05) is 18.4 Å². The number of hydrogen-bond donors (Lipinski definition) is 0. The van der Waals surface area contributed by atoms with Gasteiger partial charge in [0.2, 0.25) is 6.29 Å². The summed E-state index contributed by atoms with van der Waals surface area (Å²) in [6.45, 7) is 6.13. The molecule has 0 spiro atoms. The summed E-state index contributed by atoms with van der Waals surface area (Å²) in [6.07, 6.45) is 12.8. The molecule has 0 aliphatic rings. The second-order valence-electron chi connectivity index (χ2n) is 10.7. The first-order valence-corrected chi connectivity index (χ1v) is 14.2. The Kier molecular flexibility index (Phi) is 14.3. The molecular formula is C32H50NO3+. The molecule has 200 valence electrons. The molecule has 0 saturated heterocycles. The molecule has 4 nitrogen and oxygen atoms in total. The molecule has 36 heavy (non-hydrogen) atoms. The van der Waals surface area contributed by atoms with Gasteiger partial charge in [0.25, 0.3) is 0 Å². The lowest BCUT2D eigenvalue weighted by atomic mass is 10.0. The van der Waals surface area contributed by atoms with Crippen LogP contribution in [0.25, 0.3) is 0 Å². The van der Waals surface area contributed by atoms with E-state index in [1.54, 1.807) is 0 Å². The van der Waals surface area contributed by atoms with E-state index in [1.807, 2.05) is 25.1 Å². The molecule has 2 aromatic rings. The molecular weight excluding hydrogens is 446 g/mol. The van der Waals surface area contributed by atoms with E-state index >= 15 is 0 Å². The Morgan fingerprint density at radius 2 is 1.44 bits per heavy atom. The average Bonchev–Trinajstić information content (AvgIpc) is 2.86. The molecule has 0 amide bonds. The van der Waals surface area contributed by atoms with Gasteiger partial charge >= 0.3 is 5.97 Å². The van der Waals surface area contributed by atoms with Crippen molar-refractivity contribution in [1.29, 1.82) is 0 Å². The Hall–Kier alpha value is -2.33. The van der Waals surface area contributed by atoms with Crippen molar-refractivity contribution >= 4 is 5.97 Å².